The Morgan fingerprint density at radius 2 is 1.92 bits per heavy atom. The Bertz CT molecular complexity index is 259. The molecule has 0 saturated heterocycles. The summed E-state index contributed by atoms with van der Waals surface area (Å²) >= 11 is 0. The number of esters is 1. The van der Waals surface area contributed by atoms with Crippen LogP contribution >= 0.6 is 0 Å². The first kappa shape index (κ1) is 10.3. The van der Waals surface area contributed by atoms with Crippen LogP contribution in [0.3, 0.4) is 0 Å². The van der Waals surface area contributed by atoms with E-state index in [1.807, 2.05) is 20.8 Å². The number of carbonyl (C=O) groups is 1. The highest BCUT2D eigenvalue weighted by atomic mass is 16.6. The lowest BCUT2D eigenvalue weighted by atomic mass is 9.86. The molecule has 0 saturated carbocycles. The minimum Gasteiger partial charge on any atom is -0.452 e. The van der Waals surface area contributed by atoms with Crippen molar-refractivity contribution in [3.8, 4) is 0 Å². The van der Waals surface area contributed by atoms with Crippen LogP contribution in [0.2, 0.25) is 0 Å². The van der Waals surface area contributed by atoms with Gasteiger partial charge in [0.1, 0.15) is 5.60 Å². The molecule has 2 nitrogen and oxygen atoms in total. The zero-order chi connectivity index (χ0) is 10.2. The molecule has 0 aromatic carbocycles. The third-order valence-corrected chi connectivity index (χ3v) is 2.50. The largest absolute Gasteiger partial charge is 0.452 e. The van der Waals surface area contributed by atoms with E-state index in [0.29, 0.717) is 5.92 Å². The van der Waals surface area contributed by atoms with E-state index in [1.54, 1.807) is 0 Å². The van der Waals surface area contributed by atoms with Crippen LogP contribution in [0.5, 0.6) is 0 Å². The molecule has 1 aliphatic heterocycles. The van der Waals surface area contributed by atoms with Crippen LogP contribution in [0.1, 0.15) is 41.0 Å². The second-order valence-electron chi connectivity index (χ2n) is 4.30. The van der Waals surface area contributed by atoms with Gasteiger partial charge in [-0.2, -0.15) is 0 Å². The smallest absolute Gasteiger partial charge is 0.334 e. The van der Waals surface area contributed by atoms with Gasteiger partial charge in [-0.3, -0.25) is 0 Å². The van der Waals surface area contributed by atoms with E-state index in [2.05, 4.69) is 13.8 Å². The fourth-order valence-electron chi connectivity index (χ4n) is 2.20. The maximum absolute atomic E-state index is 11.5. The topological polar surface area (TPSA) is 26.3 Å². The molecule has 0 atom stereocenters. The van der Waals surface area contributed by atoms with E-state index in [9.17, 15) is 4.79 Å². The summed E-state index contributed by atoms with van der Waals surface area (Å²) in [5.41, 5.74) is 1.65. The molecule has 0 radical (unpaired) electrons. The molecule has 0 fully saturated rings. The lowest BCUT2D eigenvalue weighted by molar-refractivity contribution is -0.144. The maximum Gasteiger partial charge on any atom is 0.334 e. The zero-order valence-corrected chi connectivity index (χ0v) is 9.10. The Balaban J connectivity index is 3.17. The molecule has 13 heavy (non-hydrogen) atoms. The van der Waals surface area contributed by atoms with Gasteiger partial charge < -0.3 is 4.74 Å². The average molecular weight is 182 g/mol. The number of rotatable bonds is 2. The first-order chi connectivity index (χ1) is 5.90. The fraction of sp³-hybridized carbons (Fsp3) is 0.727. The standard InChI is InChI=1S/C11H18O2/c1-6-8-9(7(2)3)11(4,5)13-10(8)12/h7H,6H2,1-5H3. The highest BCUT2D eigenvalue weighted by molar-refractivity contribution is 5.93. The summed E-state index contributed by atoms with van der Waals surface area (Å²) in [5, 5.41) is 0. The van der Waals surface area contributed by atoms with Crippen LogP contribution < -0.4 is 0 Å². The van der Waals surface area contributed by atoms with E-state index in [-0.39, 0.29) is 5.97 Å². The molecule has 1 aliphatic rings. The van der Waals surface area contributed by atoms with E-state index in [4.69, 9.17) is 4.74 Å². The predicted molar refractivity (Wildman–Crippen MR) is 52.3 cm³/mol. The quantitative estimate of drug-likeness (QED) is 0.614. The summed E-state index contributed by atoms with van der Waals surface area (Å²) in [6.07, 6.45) is 0.774. The number of cyclic esters (lactones) is 1. The molecule has 74 valence electrons. The van der Waals surface area contributed by atoms with Crippen molar-refractivity contribution >= 4 is 5.97 Å². The monoisotopic (exact) mass is 182 g/mol. The Kier molecular flexibility index (Phi) is 2.51. The highest BCUT2D eigenvalue weighted by Crippen LogP contribution is 2.38. The van der Waals surface area contributed by atoms with Crippen LogP contribution in [0.15, 0.2) is 11.1 Å². The van der Waals surface area contributed by atoms with Gasteiger partial charge in [-0.25, -0.2) is 4.79 Å². The molecule has 1 rings (SSSR count). The average Bonchev–Trinajstić information content (AvgIpc) is 2.19. The van der Waals surface area contributed by atoms with Crippen molar-refractivity contribution in [1.29, 1.82) is 0 Å². The minimum atomic E-state index is -0.392. The SMILES string of the molecule is CCC1=C(C(C)C)C(C)(C)OC1=O. The summed E-state index contributed by atoms with van der Waals surface area (Å²) in [5.74, 6) is 0.257. The minimum absolute atomic E-state index is 0.129. The highest BCUT2D eigenvalue weighted by Gasteiger charge is 2.40. The molecule has 2 heteroatoms. The molecule has 0 unspecified atom stereocenters. The van der Waals surface area contributed by atoms with Crippen LogP contribution in [0, 0.1) is 5.92 Å². The van der Waals surface area contributed by atoms with Gasteiger partial charge >= 0.3 is 5.97 Å². The van der Waals surface area contributed by atoms with Crippen LogP contribution in [0.25, 0.3) is 0 Å². The van der Waals surface area contributed by atoms with Crippen molar-refractivity contribution in [3.63, 3.8) is 0 Å². The number of hydrogen-bond acceptors (Lipinski definition) is 2. The molecule has 0 N–H and O–H groups in total. The summed E-state index contributed by atoms with van der Waals surface area (Å²) < 4.78 is 5.31. The third-order valence-electron chi connectivity index (χ3n) is 2.50. The summed E-state index contributed by atoms with van der Waals surface area (Å²) in [4.78, 5) is 11.5. The van der Waals surface area contributed by atoms with Gasteiger partial charge in [0.15, 0.2) is 0 Å². The number of carbonyl (C=O) groups excluding carboxylic acids is 1. The summed E-state index contributed by atoms with van der Waals surface area (Å²) in [6.45, 7) is 10.1. The van der Waals surface area contributed by atoms with E-state index < -0.39 is 5.60 Å². The van der Waals surface area contributed by atoms with Crippen molar-refractivity contribution in [2.45, 2.75) is 46.6 Å². The molecule has 0 bridgehead atoms. The van der Waals surface area contributed by atoms with E-state index >= 15 is 0 Å². The second kappa shape index (κ2) is 3.17. The number of hydrogen-bond donors (Lipinski definition) is 0. The first-order valence-electron chi connectivity index (χ1n) is 4.87. The molecule has 0 spiro atoms. The number of ether oxygens (including phenoxy) is 1. The van der Waals surface area contributed by atoms with E-state index in [1.165, 1.54) is 5.57 Å². The molecular formula is C11H18O2. The molecule has 0 aliphatic carbocycles. The second-order valence-corrected chi connectivity index (χ2v) is 4.30. The molecule has 1 heterocycles. The normalized spacial score (nSPS) is 21.2. The van der Waals surface area contributed by atoms with E-state index in [0.717, 1.165) is 12.0 Å². The van der Waals surface area contributed by atoms with Gasteiger partial charge in [0, 0.05) is 5.57 Å². The van der Waals surface area contributed by atoms with Crippen molar-refractivity contribution in [1.82, 2.24) is 0 Å². The predicted octanol–water partition coefficient (Wildman–Crippen LogP) is 2.68. The Hall–Kier alpha value is -0.790. The summed E-state index contributed by atoms with van der Waals surface area (Å²) in [7, 11) is 0. The van der Waals surface area contributed by atoms with Crippen LogP contribution in [0.4, 0.5) is 0 Å². The van der Waals surface area contributed by atoms with Gasteiger partial charge in [-0.05, 0) is 31.8 Å². The molecular weight excluding hydrogens is 164 g/mol. The Labute approximate surface area is 80.0 Å². The summed E-state index contributed by atoms with van der Waals surface area (Å²) in [6, 6.07) is 0. The molecule has 0 aromatic rings. The first-order valence-corrected chi connectivity index (χ1v) is 4.87. The van der Waals surface area contributed by atoms with Gasteiger partial charge in [-0.1, -0.05) is 20.8 Å². The maximum atomic E-state index is 11.5. The lowest BCUT2D eigenvalue weighted by Gasteiger charge is -2.24. The Morgan fingerprint density at radius 1 is 1.38 bits per heavy atom. The molecule has 0 aromatic heterocycles. The van der Waals surface area contributed by atoms with Crippen molar-refractivity contribution < 1.29 is 9.53 Å². The Morgan fingerprint density at radius 3 is 2.23 bits per heavy atom. The van der Waals surface area contributed by atoms with Gasteiger partial charge in [0.05, 0.1) is 0 Å². The van der Waals surface area contributed by atoms with Crippen molar-refractivity contribution in [3.05, 3.63) is 11.1 Å². The van der Waals surface area contributed by atoms with Gasteiger partial charge in [0.25, 0.3) is 0 Å². The van der Waals surface area contributed by atoms with Crippen LogP contribution in [-0.4, -0.2) is 11.6 Å². The van der Waals surface area contributed by atoms with Gasteiger partial charge in [-0.15, -0.1) is 0 Å². The van der Waals surface area contributed by atoms with Crippen LogP contribution in [-0.2, 0) is 9.53 Å². The fourth-order valence-corrected chi connectivity index (χ4v) is 2.20. The van der Waals surface area contributed by atoms with Gasteiger partial charge in [0.2, 0.25) is 0 Å². The lowest BCUT2D eigenvalue weighted by Crippen LogP contribution is -2.25. The third kappa shape index (κ3) is 1.62. The zero-order valence-electron chi connectivity index (χ0n) is 9.10. The molecule has 0 amide bonds. The van der Waals surface area contributed by atoms with Crippen molar-refractivity contribution in [2.75, 3.05) is 0 Å². The van der Waals surface area contributed by atoms with Crippen molar-refractivity contribution in [2.24, 2.45) is 5.92 Å².